The van der Waals surface area contributed by atoms with Crippen LogP contribution < -0.4 is 32.0 Å². The molecular formula is C21H23N5O5. The second-order valence-electron chi connectivity index (χ2n) is 6.51. The first-order valence-corrected chi connectivity index (χ1v) is 9.09. The van der Waals surface area contributed by atoms with Gasteiger partial charge in [0.15, 0.2) is 0 Å². The third kappa shape index (κ3) is 6.89. The van der Waals surface area contributed by atoms with Gasteiger partial charge in [0.1, 0.15) is 5.75 Å². The maximum Gasteiger partial charge on any atom is 0.327 e. The number of primary amides is 1. The van der Waals surface area contributed by atoms with Crippen LogP contribution in [0.25, 0.3) is 0 Å². The average Bonchev–Trinajstić information content (AvgIpc) is 2.72. The number of anilines is 2. The highest BCUT2D eigenvalue weighted by molar-refractivity contribution is 6.39. The first-order chi connectivity index (χ1) is 14.7. The van der Waals surface area contributed by atoms with E-state index in [0.717, 1.165) is 5.56 Å². The lowest BCUT2D eigenvalue weighted by atomic mass is 10.2. The smallest absolute Gasteiger partial charge is 0.327 e. The minimum absolute atomic E-state index is 0.153. The molecule has 0 radical (unpaired) electrons. The van der Waals surface area contributed by atoms with Crippen molar-refractivity contribution in [2.75, 3.05) is 17.7 Å². The summed E-state index contributed by atoms with van der Waals surface area (Å²) in [5.74, 6) is -2.50. The van der Waals surface area contributed by atoms with Crippen LogP contribution in [0.15, 0.2) is 54.7 Å². The van der Waals surface area contributed by atoms with Crippen LogP contribution >= 0.6 is 0 Å². The van der Waals surface area contributed by atoms with Gasteiger partial charge in [-0.15, -0.1) is 0 Å². The van der Waals surface area contributed by atoms with E-state index in [1.54, 1.807) is 18.2 Å². The van der Waals surface area contributed by atoms with Gasteiger partial charge in [-0.1, -0.05) is 12.6 Å². The second kappa shape index (κ2) is 10.4. The molecule has 0 atom stereocenters. The minimum atomic E-state index is -0.979. The molecule has 0 fully saturated rings. The fourth-order valence-corrected chi connectivity index (χ4v) is 2.46. The van der Waals surface area contributed by atoms with Gasteiger partial charge in [-0.25, -0.2) is 0 Å². The molecule has 0 spiro atoms. The number of hydrogen-bond donors (Lipinski definition) is 5. The number of rotatable bonds is 8. The van der Waals surface area contributed by atoms with Gasteiger partial charge in [-0.2, -0.15) is 0 Å². The van der Waals surface area contributed by atoms with Crippen LogP contribution in [-0.2, 0) is 14.4 Å². The Kier molecular flexibility index (Phi) is 7.73. The summed E-state index contributed by atoms with van der Waals surface area (Å²) in [5.41, 5.74) is 11.9. The van der Waals surface area contributed by atoms with Crippen LogP contribution in [0.1, 0.15) is 22.3 Å². The van der Waals surface area contributed by atoms with Crippen molar-refractivity contribution in [3.8, 4) is 5.75 Å². The van der Waals surface area contributed by atoms with Crippen molar-refractivity contribution in [1.29, 1.82) is 0 Å². The zero-order valence-corrected chi connectivity index (χ0v) is 17.1. The number of ether oxygens (including phenoxy) is 1. The van der Waals surface area contributed by atoms with Crippen LogP contribution in [0.3, 0.4) is 0 Å². The van der Waals surface area contributed by atoms with Gasteiger partial charge in [0, 0.05) is 16.9 Å². The zero-order chi connectivity index (χ0) is 23.0. The highest BCUT2D eigenvalue weighted by Gasteiger charge is 2.16. The molecule has 162 valence electrons. The molecule has 0 heterocycles. The van der Waals surface area contributed by atoms with E-state index in [1.807, 2.05) is 6.92 Å². The molecule has 0 aliphatic rings. The number of nitrogens with two attached hydrogens (primary N) is 1. The van der Waals surface area contributed by atoms with E-state index >= 15 is 0 Å². The Balaban J connectivity index is 1.81. The van der Waals surface area contributed by atoms with Gasteiger partial charge in [0.05, 0.1) is 19.2 Å². The van der Waals surface area contributed by atoms with E-state index in [2.05, 4.69) is 28.1 Å². The summed E-state index contributed by atoms with van der Waals surface area (Å²) in [7, 11) is 1.45. The lowest BCUT2D eigenvalue weighted by Crippen LogP contribution is -2.43. The largest absolute Gasteiger partial charge is 0.495 e. The standard InChI is InChI=1S/C21H23N5O5/c1-12-4-9-17(31-3)16(10-12)24-20(29)21(30)26-25-13(2)11-18(27)23-15-7-5-14(6-8-15)19(22)28/h4-10,25H,2,11H2,1,3H3,(H2,22,28)(H,23,27)(H,24,29)(H,26,30). The van der Waals surface area contributed by atoms with Crippen LogP contribution in [0, 0.1) is 6.92 Å². The summed E-state index contributed by atoms with van der Waals surface area (Å²) in [4.78, 5) is 47.2. The Hall–Kier alpha value is -4.34. The predicted molar refractivity (Wildman–Crippen MR) is 115 cm³/mol. The van der Waals surface area contributed by atoms with Gasteiger partial charge in [0.25, 0.3) is 0 Å². The Labute approximate surface area is 178 Å². The molecule has 2 rings (SSSR count). The maximum atomic E-state index is 12.1. The molecule has 0 unspecified atom stereocenters. The first-order valence-electron chi connectivity index (χ1n) is 9.09. The molecule has 0 saturated heterocycles. The minimum Gasteiger partial charge on any atom is -0.495 e. The first kappa shape index (κ1) is 22.9. The lowest BCUT2D eigenvalue weighted by molar-refractivity contribution is -0.136. The number of aryl methyl sites for hydroxylation is 1. The van der Waals surface area contributed by atoms with E-state index in [1.165, 1.54) is 31.4 Å². The number of benzene rings is 2. The van der Waals surface area contributed by atoms with Gasteiger partial charge in [0.2, 0.25) is 11.8 Å². The van der Waals surface area contributed by atoms with Crippen LogP contribution in [-0.4, -0.2) is 30.7 Å². The summed E-state index contributed by atoms with van der Waals surface area (Å²) in [5, 5.41) is 5.06. The molecule has 2 aromatic rings. The van der Waals surface area contributed by atoms with Crippen LogP contribution in [0.5, 0.6) is 5.75 Å². The molecule has 2 aromatic carbocycles. The van der Waals surface area contributed by atoms with Gasteiger partial charge in [-0.05, 0) is 48.9 Å². The fourth-order valence-electron chi connectivity index (χ4n) is 2.46. The average molecular weight is 425 g/mol. The normalized spacial score (nSPS) is 9.87. The van der Waals surface area contributed by atoms with E-state index in [0.29, 0.717) is 22.7 Å². The number of methoxy groups -OCH3 is 1. The topological polar surface area (TPSA) is 152 Å². The molecule has 4 amide bonds. The maximum absolute atomic E-state index is 12.1. The van der Waals surface area contributed by atoms with Crippen molar-refractivity contribution >= 4 is 35.0 Å². The highest BCUT2D eigenvalue weighted by atomic mass is 16.5. The number of amides is 4. The highest BCUT2D eigenvalue weighted by Crippen LogP contribution is 2.24. The summed E-state index contributed by atoms with van der Waals surface area (Å²) in [6, 6.07) is 11.1. The molecule has 0 aliphatic carbocycles. The van der Waals surface area contributed by atoms with Crippen LogP contribution in [0.2, 0.25) is 0 Å². The van der Waals surface area contributed by atoms with E-state index < -0.39 is 23.6 Å². The Morgan fingerprint density at radius 2 is 1.65 bits per heavy atom. The van der Waals surface area contributed by atoms with Crippen LogP contribution in [0.4, 0.5) is 11.4 Å². The Morgan fingerprint density at radius 3 is 2.26 bits per heavy atom. The molecule has 10 heteroatoms. The van der Waals surface area contributed by atoms with Crippen molar-refractivity contribution < 1.29 is 23.9 Å². The van der Waals surface area contributed by atoms with Crippen molar-refractivity contribution in [2.24, 2.45) is 5.73 Å². The van der Waals surface area contributed by atoms with Crippen molar-refractivity contribution in [2.45, 2.75) is 13.3 Å². The number of carbonyl (C=O) groups is 4. The van der Waals surface area contributed by atoms with Crippen molar-refractivity contribution in [3.05, 3.63) is 65.9 Å². The summed E-state index contributed by atoms with van der Waals surface area (Å²) < 4.78 is 5.15. The Bertz CT molecular complexity index is 1020. The van der Waals surface area contributed by atoms with Gasteiger partial charge < -0.3 is 26.5 Å². The van der Waals surface area contributed by atoms with E-state index in [4.69, 9.17) is 10.5 Å². The molecule has 0 saturated carbocycles. The number of nitrogens with one attached hydrogen (secondary N) is 4. The van der Waals surface area contributed by atoms with Crippen molar-refractivity contribution in [1.82, 2.24) is 10.9 Å². The molecule has 0 bridgehead atoms. The summed E-state index contributed by atoms with van der Waals surface area (Å²) in [6.07, 6.45) is -0.175. The number of hydrazine groups is 1. The van der Waals surface area contributed by atoms with Gasteiger partial charge in [-0.3, -0.25) is 24.6 Å². The summed E-state index contributed by atoms with van der Waals surface area (Å²) >= 11 is 0. The summed E-state index contributed by atoms with van der Waals surface area (Å²) in [6.45, 7) is 5.46. The predicted octanol–water partition coefficient (Wildman–Crippen LogP) is 1.20. The molecule has 10 nitrogen and oxygen atoms in total. The molecule has 6 N–H and O–H groups in total. The number of hydrogen-bond acceptors (Lipinski definition) is 6. The molecule has 0 aromatic heterocycles. The molecular weight excluding hydrogens is 402 g/mol. The quantitative estimate of drug-likeness (QED) is 0.317. The monoisotopic (exact) mass is 425 g/mol. The second-order valence-corrected chi connectivity index (χ2v) is 6.51. The number of carbonyl (C=O) groups excluding carboxylic acids is 4. The van der Waals surface area contributed by atoms with Crippen molar-refractivity contribution in [3.63, 3.8) is 0 Å². The third-order valence-corrected chi connectivity index (χ3v) is 3.99. The van der Waals surface area contributed by atoms with E-state index in [9.17, 15) is 19.2 Å². The van der Waals surface area contributed by atoms with Gasteiger partial charge >= 0.3 is 11.8 Å². The molecule has 0 aliphatic heterocycles. The Morgan fingerprint density at radius 1 is 0.968 bits per heavy atom. The van der Waals surface area contributed by atoms with E-state index in [-0.39, 0.29) is 12.1 Å². The molecule has 31 heavy (non-hydrogen) atoms. The fraction of sp³-hybridized carbons (Fsp3) is 0.143. The zero-order valence-electron chi connectivity index (χ0n) is 17.1. The SMILES string of the molecule is C=C(CC(=O)Nc1ccc(C(N)=O)cc1)NNC(=O)C(=O)Nc1cc(C)ccc1OC. The third-order valence-electron chi connectivity index (χ3n) is 3.99. The lowest BCUT2D eigenvalue weighted by Gasteiger charge is -2.13.